The average Bonchev–Trinajstić information content (AvgIpc) is 2.60. The molecule has 24 heavy (non-hydrogen) atoms. The van der Waals surface area contributed by atoms with Crippen LogP contribution in [0.1, 0.15) is 17.5 Å². The third-order valence-corrected chi connectivity index (χ3v) is 5.27. The van der Waals surface area contributed by atoms with Gasteiger partial charge in [0.15, 0.2) is 0 Å². The number of ether oxygens (including phenoxy) is 1. The van der Waals surface area contributed by atoms with Crippen LogP contribution in [-0.4, -0.2) is 72.9 Å². The molecule has 1 aromatic carbocycles. The lowest BCUT2D eigenvalue weighted by Crippen LogP contribution is -2.50. The standard InChI is InChI=1S/C19H28N2O3/c1-15-4-2-3-5-16(15)12-17-6-7-20(13-18(17)22)14-19(23)21-8-10-24-11-9-21/h2-5,17-18,22H,6-14H2,1H3/t17-,18-/m1/s1. The molecule has 2 fully saturated rings. The van der Waals surface area contributed by atoms with Crippen LogP contribution in [0.2, 0.25) is 0 Å². The predicted octanol–water partition coefficient (Wildman–Crippen LogP) is 1.08. The number of aliphatic hydroxyl groups excluding tert-OH is 1. The predicted molar refractivity (Wildman–Crippen MR) is 92.8 cm³/mol. The first-order valence-electron chi connectivity index (χ1n) is 8.94. The summed E-state index contributed by atoms with van der Waals surface area (Å²) in [5, 5.41) is 10.5. The zero-order valence-electron chi connectivity index (χ0n) is 14.5. The molecular formula is C19H28N2O3. The van der Waals surface area contributed by atoms with E-state index in [0.717, 1.165) is 19.4 Å². The summed E-state index contributed by atoms with van der Waals surface area (Å²) in [6.45, 7) is 6.64. The number of piperidine rings is 1. The Hall–Kier alpha value is -1.43. The number of aryl methyl sites for hydroxylation is 1. The number of morpholine rings is 1. The highest BCUT2D eigenvalue weighted by Crippen LogP contribution is 2.23. The Labute approximate surface area is 144 Å². The van der Waals surface area contributed by atoms with Gasteiger partial charge < -0.3 is 14.7 Å². The molecule has 0 unspecified atom stereocenters. The van der Waals surface area contributed by atoms with Crippen LogP contribution in [0.4, 0.5) is 0 Å². The van der Waals surface area contributed by atoms with Crippen LogP contribution in [0, 0.1) is 12.8 Å². The number of aliphatic hydroxyl groups is 1. The Morgan fingerprint density at radius 1 is 1.25 bits per heavy atom. The Morgan fingerprint density at radius 2 is 2.00 bits per heavy atom. The number of β-amino-alcohol motifs (C(OH)–C–C–N with tert-alkyl or cyclic N) is 1. The van der Waals surface area contributed by atoms with Gasteiger partial charge in [-0.15, -0.1) is 0 Å². The van der Waals surface area contributed by atoms with E-state index in [9.17, 15) is 9.90 Å². The fourth-order valence-electron chi connectivity index (χ4n) is 3.65. The summed E-state index contributed by atoms with van der Waals surface area (Å²) in [5.41, 5.74) is 2.61. The van der Waals surface area contributed by atoms with Gasteiger partial charge in [-0.1, -0.05) is 24.3 Å². The fourth-order valence-corrected chi connectivity index (χ4v) is 3.65. The number of amides is 1. The third kappa shape index (κ3) is 4.35. The van der Waals surface area contributed by atoms with Gasteiger partial charge in [-0.3, -0.25) is 9.69 Å². The van der Waals surface area contributed by atoms with Gasteiger partial charge in [0.1, 0.15) is 0 Å². The van der Waals surface area contributed by atoms with E-state index in [4.69, 9.17) is 4.74 Å². The molecule has 1 aromatic rings. The molecule has 2 aliphatic heterocycles. The van der Waals surface area contributed by atoms with E-state index < -0.39 is 0 Å². The molecule has 2 saturated heterocycles. The van der Waals surface area contributed by atoms with E-state index in [-0.39, 0.29) is 17.9 Å². The lowest BCUT2D eigenvalue weighted by atomic mass is 9.86. The molecule has 5 heteroatoms. The fraction of sp³-hybridized carbons (Fsp3) is 0.632. The van der Waals surface area contributed by atoms with Gasteiger partial charge in [-0.2, -0.15) is 0 Å². The van der Waals surface area contributed by atoms with Crippen LogP contribution in [0.15, 0.2) is 24.3 Å². The maximum absolute atomic E-state index is 12.3. The summed E-state index contributed by atoms with van der Waals surface area (Å²) in [5.74, 6) is 0.434. The Bertz CT molecular complexity index is 557. The summed E-state index contributed by atoms with van der Waals surface area (Å²) in [6.07, 6.45) is 1.49. The van der Waals surface area contributed by atoms with Crippen molar-refractivity contribution in [2.24, 2.45) is 5.92 Å². The summed E-state index contributed by atoms with van der Waals surface area (Å²) < 4.78 is 5.29. The highest BCUT2D eigenvalue weighted by molar-refractivity contribution is 5.78. The molecule has 0 saturated carbocycles. The first kappa shape index (κ1) is 17.4. The summed E-state index contributed by atoms with van der Waals surface area (Å²) >= 11 is 0. The Kier molecular flexibility index (Phi) is 5.87. The lowest BCUT2D eigenvalue weighted by Gasteiger charge is -2.37. The number of hydrogen-bond acceptors (Lipinski definition) is 4. The van der Waals surface area contributed by atoms with Crippen molar-refractivity contribution in [3.63, 3.8) is 0 Å². The number of carbonyl (C=O) groups excluding carboxylic acids is 1. The second-order valence-electron chi connectivity index (χ2n) is 6.97. The van der Waals surface area contributed by atoms with Gasteiger partial charge >= 0.3 is 0 Å². The lowest BCUT2D eigenvalue weighted by molar-refractivity contribution is -0.137. The minimum atomic E-state index is -0.365. The van der Waals surface area contributed by atoms with Crippen molar-refractivity contribution < 1.29 is 14.6 Å². The van der Waals surface area contributed by atoms with Gasteiger partial charge in [0.2, 0.25) is 5.91 Å². The van der Waals surface area contributed by atoms with E-state index >= 15 is 0 Å². The van der Waals surface area contributed by atoms with Crippen molar-refractivity contribution in [2.45, 2.75) is 25.9 Å². The van der Waals surface area contributed by atoms with Crippen molar-refractivity contribution >= 4 is 5.91 Å². The van der Waals surface area contributed by atoms with Crippen LogP contribution >= 0.6 is 0 Å². The number of benzene rings is 1. The molecule has 1 amide bonds. The Balaban J connectivity index is 1.49. The largest absolute Gasteiger partial charge is 0.391 e. The number of rotatable bonds is 4. The van der Waals surface area contributed by atoms with Crippen LogP contribution in [-0.2, 0) is 16.0 Å². The molecular weight excluding hydrogens is 304 g/mol. The molecule has 2 aliphatic rings. The van der Waals surface area contributed by atoms with Gasteiger partial charge in [0, 0.05) is 19.6 Å². The molecule has 0 aromatic heterocycles. The van der Waals surface area contributed by atoms with E-state index in [1.165, 1.54) is 11.1 Å². The smallest absolute Gasteiger partial charge is 0.236 e. The SMILES string of the molecule is Cc1ccccc1C[C@H]1CCN(CC(=O)N2CCOCC2)C[C@H]1O. The van der Waals surface area contributed by atoms with Crippen LogP contribution in [0.25, 0.3) is 0 Å². The van der Waals surface area contributed by atoms with Crippen molar-refractivity contribution in [1.29, 1.82) is 0 Å². The first-order chi connectivity index (χ1) is 11.6. The van der Waals surface area contributed by atoms with Crippen LogP contribution in [0.3, 0.4) is 0 Å². The number of carbonyl (C=O) groups is 1. The summed E-state index contributed by atoms with van der Waals surface area (Å²) in [4.78, 5) is 16.3. The molecule has 0 bridgehead atoms. The van der Waals surface area contributed by atoms with Gasteiger partial charge in [-0.05, 0) is 43.4 Å². The maximum Gasteiger partial charge on any atom is 0.236 e. The molecule has 0 aliphatic carbocycles. The number of likely N-dealkylation sites (tertiary alicyclic amines) is 1. The van der Waals surface area contributed by atoms with Crippen molar-refractivity contribution in [2.75, 3.05) is 45.9 Å². The van der Waals surface area contributed by atoms with E-state index in [2.05, 4.69) is 36.1 Å². The molecule has 2 heterocycles. The highest BCUT2D eigenvalue weighted by atomic mass is 16.5. The summed E-state index contributed by atoms with van der Waals surface area (Å²) in [7, 11) is 0. The molecule has 3 rings (SSSR count). The minimum Gasteiger partial charge on any atom is -0.391 e. The number of nitrogens with zero attached hydrogens (tertiary/aromatic N) is 2. The Morgan fingerprint density at radius 3 is 2.71 bits per heavy atom. The highest BCUT2D eigenvalue weighted by Gasteiger charge is 2.30. The molecule has 2 atom stereocenters. The van der Waals surface area contributed by atoms with Gasteiger partial charge in [-0.25, -0.2) is 0 Å². The molecule has 132 valence electrons. The topological polar surface area (TPSA) is 53.0 Å². The maximum atomic E-state index is 12.3. The second-order valence-corrected chi connectivity index (χ2v) is 6.97. The van der Waals surface area contributed by atoms with Crippen LogP contribution in [0.5, 0.6) is 0 Å². The van der Waals surface area contributed by atoms with E-state index in [1.54, 1.807) is 0 Å². The zero-order valence-corrected chi connectivity index (χ0v) is 14.5. The normalized spacial score (nSPS) is 25.7. The first-order valence-corrected chi connectivity index (χ1v) is 8.94. The molecule has 5 nitrogen and oxygen atoms in total. The zero-order chi connectivity index (χ0) is 16.9. The average molecular weight is 332 g/mol. The van der Waals surface area contributed by atoms with Crippen molar-refractivity contribution in [3.8, 4) is 0 Å². The molecule has 1 N–H and O–H groups in total. The summed E-state index contributed by atoms with van der Waals surface area (Å²) in [6, 6.07) is 8.38. The minimum absolute atomic E-state index is 0.155. The van der Waals surface area contributed by atoms with Crippen molar-refractivity contribution in [3.05, 3.63) is 35.4 Å². The van der Waals surface area contributed by atoms with Gasteiger partial charge in [0.25, 0.3) is 0 Å². The number of hydrogen-bond donors (Lipinski definition) is 1. The second kappa shape index (κ2) is 8.10. The third-order valence-electron chi connectivity index (χ3n) is 5.27. The van der Waals surface area contributed by atoms with Gasteiger partial charge in [0.05, 0.1) is 25.9 Å². The van der Waals surface area contributed by atoms with E-state index in [0.29, 0.717) is 39.4 Å². The van der Waals surface area contributed by atoms with Crippen LogP contribution < -0.4 is 0 Å². The van der Waals surface area contributed by atoms with E-state index in [1.807, 2.05) is 4.90 Å². The van der Waals surface area contributed by atoms with Crippen molar-refractivity contribution in [1.82, 2.24) is 9.80 Å². The monoisotopic (exact) mass is 332 g/mol. The molecule has 0 spiro atoms. The quantitative estimate of drug-likeness (QED) is 0.896. The molecule has 0 radical (unpaired) electrons.